The van der Waals surface area contributed by atoms with Crippen LogP contribution in [-0.2, 0) is 9.53 Å². The first-order chi connectivity index (χ1) is 7.24. The van der Waals surface area contributed by atoms with E-state index in [1.165, 1.54) is 13.2 Å². The Morgan fingerprint density at radius 3 is 2.47 bits per heavy atom. The first-order valence-electron chi connectivity index (χ1n) is 4.79. The number of carbonyl (C=O) groups is 1. The monoisotopic (exact) mass is 202 g/mol. The molecule has 0 heterocycles. The summed E-state index contributed by atoms with van der Waals surface area (Å²) >= 11 is 0. The third-order valence-electron chi connectivity index (χ3n) is 1.90. The molecule has 1 aromatic carbocycles. The third kappa shape index (κ3) is 3.81. The predicted molar refractivity (Wildman–Crippen MR) is 61.0 cm³/mol. The van der Waals surface area contributed by atoms with E-state index in [1.54, 1.807) is 6.08 Å². The predicted octanol–water partition coefficient (Wildman–Crippen LogP) is 3.17. The fourth-order valence-corrected chi connectivity index (χ4v) is 1.19. The van der Waals surface area contributed by atoms with Gasteiger partial charge >= 0.3 is 5.97 Å². The molecule has 78 valence electrons. The van der Waals surface area contributed by atoms with Gasteiger partial charge in [0.05, 0.1) is 6.26 Å². The molecule has 15 heavy (non-hydrogen) atoms. The van der Waals surface area contributed by atoms with Crippen molar-refractivity contribution in [1.82, 2.24) is 0 Å². The average molecular weight is 202 g/mol. The molecule has 1 aromatic rings. The van der Waals surface area contributed by atoms with E-state index in [-0.39, 0.29) is 5.97 Å². The lowest BCUT2D eigenvalue weighted by atomic mass is 10.1. The highest BCUT2D eigenvalue weighted by Gasteiger charge is 1.94. The molecule has 0 amide bonds. The second-order valence-corrected chi connectivity index (χ2v) is 3.02. The summed E-state index contributed by atoms with van der Waals surface area (Å²) in [6.45, 7) is 3.32. The zero-order valence-electron chi connectivity index (χ0n) is 8.94. The van der Waals surface area contributed by atoms with Crippen molar-refractivity contribution in [2.24, 2.45) is 0 Å². The van der Waals surface area contributed by atoms with Gasteiger partial charge in [0.1, 0.15) is 0 Å². The minimum atomic E-state index is -0.310. The zero-order chi connectivity index (χ0) is 11.1. The molecule has 0 bridgehead atoms. The Morgan fingerprint density at radius 2 is 1.93 bits per heavy atom. The molecule has 0 atom stereocenters. The van der Waals surface area contributed by atoms with Crippen molar-refractivity contribution < 1.29 is 9.53 Å². The van der Waals surface area contributed by atoms with Gasteiger partial charge in [0.15, 0.2) is 0 Å². The first-order valence-corrected chi connectivity index (χ1v) is 4.79. The molecule has 1 rings (SSSR count). The molecule has 0 aliphatic rings. The molecule has 0 saturated heterocycles. The minimum absolute atomic E-state index is 0.310. The number of ether oxygens (including phenoxy) is 1. The fraction of sp³-hybridized carbons (Fsp3) is 0.154. The standard InChI is InChI=1S/C13H14O2/c1-3-12(9-10-15-11(2)14)13-7-5-4-6-8-13/h3-10H,1-2H3. The SMILES string of the molecule is CC=C(C=COC(C)=O)c1ccccc1. The van der Waals surface area contributed by atoms with Crippen LogP contribution in [-0.4, -0.2) is 5.97 Å². The van der Waals surface area contributed by atoms with E-state index < -0.39 is 0 Å². The number of allylic oxidation sites excluding steroid dienone is 3. The lowest BCUT2D eigenvalue weighted by Crippen LogP contribution is -1.89. The summed E-state index contributed by atoms with van der Waals surface area (Å²) in [7, 11) is 0. The molecule has 0 fully saturated rings. The maximum absolute atomic E-state index is 10.6. The fourth-order valence-electron chi connectivity index (χ4n) is 1.19. The largest absolute Gasteiger partial charge is 0.435 e. The van der Waals surface area contributed by atoms with Crippen molar-refractivity contribution in [1.29, 1.82) is 0 Å². The highest BCUT2D eigenvalue weighted by atomic mass is 16.5. The molecule has 0 spiro atoms. The van der Waals surface area contributed by atoms with E-state index >= 15 is 0 Å². The average Bonchev–Trinajstić information content (AvgIpc) is 2.25. The smallest absolute Gasteiger partial charge is 0.307 e. The van der Waals surface area contributed by atoms with Gasteiger partial charge in [-0.15, -0.1) is 0 Å². The number of carbonyl (C=O) groups excluding carboxylic acids is 1. The maximum atomic E-state index is 10.6. The summed E-state index contributed by atoms with van der Waals surface area (Å²) in [6.07, 6.45) is 5.15. The van der Waals surface area contributed by atoms with E-state index in [1.807, 2.05) is 43.3 Å². The van der Waals surface area contributed by atoms with Gasteiger partial charge in [0, 0.05) is 6.92 Å². The Bertz CT molecular complexity index is 375. The van der Waals surface area contributed by atoms with Crippen LogP contribution in [0.2, 0.25) is 0 Å². The molecule has 0 aromatic heterocycles. The molecular formula is C13H14O2. The summed E-state index contributed by atoms with van der Waals surface area (Å²) in [5.74, 6) is -0.310. The van der Waals surface area contributed by atoms with Gasteiger partial charge in [-0.1, -0.05) is 36.4 Å². The van der Waals surface area contributed by atoms with Crippen molar-refractivity contribution in [2.75, 3.05) is 0 Å². The minimum Gasteiger partial charge on any atom is -0.435 e. The van der Waals surface area contributed by atoms with Crippen LogP contribution in [0.15, 0.2) is 48.7 Å². The highest BCUT2D eigenvalue weighted by Crippen LogP contribution is 2.14. The Labute approximate surface area is 89.9 Å². The van der Waals surface area contributed by atoms with Crippen LogP contribution in [0.1, 0.15) is 19.4 Å². The van der Waals surface area contributed by atoms with Crippen molar-refractivity contribution in [3.63, 3.8) is 0 Å². The maximum Gasteiger partial charge on any atom is 0.307 e. The van der Waals surface area contributed by atoms with E-state index in [0.29, 0.717) is 0 Å². The molecule has 2 heteroatoms. The Morgan fingerprint density at radius 1 is 1.27 bits per heavy atom. The summed E-state index contributed by atoms with van der Waals surface area (Å²) in [6, 6.07) is 9.92. The molecule has 0 N–H and O–H groups in total. The number of benzene rings is 1. The second kappa shape index (κ2) is 5.81. The lowest BCUT2D eigenvalue weighted by Gasteiger charge is -2.00. The van der Waals surface area contributed by atoms with Crippen molar-refractivity contribution in [2.45, 2.75) is 13.8 Å². The van der Waals surface area contributed by atoms with Crippen LogP contribution in [0.4, 0.5) is 0 Å². The Kier molecular flexibility index (Phi) is 4.35. The van der Waals surface area contributed by atoms with Crippen LogP contribution in [0.3, 0.4) is 0 Å². The van der Waals surface area contributed by atoms with Crippen LogP contribution in [0, 0.1) is 0 Å². The van der Waals surface area contributed by atoms with Gasteiger partial charge in [-0.25, -0.2) is 0 Å². The van der Waals surface area contributed by atoms with Crippen molar-refractivity contribution in [3.05, 3.63) is 54.3 Å². The quantitative estimate of drug-likeness (QED) is 0.427. The first kappa shape index (κ1) is 11.2. The second-order valence-electron chi connectivity index (χ2n) is 3.02. The van der Waals surface area contributed by atoms with Crippen LogP contribution < -0.4 is 0 Å². The van der Waals surface area contributed by atoms with Gasteiger partial charge in [-0.2, -0.15) is 0 Å². The highest BCUT2D eigenvalue weighted by molar-refractivity contribution is 5.74. The van der Waals surface area contributed by atoms with Crippen LogP contribution in [0.25, 0.3) is 5.57 Å². The molecule has 0 aliphatic heterocycles. The van der Waals surface area contributed by atoms with Gasteiger partial charge in [0.2, 0.25) is 0 Å². The van der Waals surface area contributed by atoms with E-state index in [9.17, 15) is 4.79 Å². The third-order valence-corrected chi connectivity index (χ3v) is 1.90. The molecule has 0 aliphatic carbocycles. The summed E-state index contributed by atoms with van der Waals surface area (Å²) < 4.78 is 4.74. The van der Waals surface area contributed by atoms with Gasteiger partial charge in [-0.3, -0.25) is 4.79 Å². The lowest BCUT2D eigenvalue weighted by molar-refractivity contribution is -0.135. The van der Waals surface area contributed by atoms with Crippen LogP contribution in [0.5, 0.6) is 0 Å². The zero-order valence-corrected chi connectivity index (χ0v) is 8.94. The molecular weight excluding hydrogens is 188 g/mol. The topological polar surface area (TPSA) is 26.3 Å². The van der Waals surface area contributed by atoms with Crippen LogP contribution >= 0.6 is 0 Å². The summed E-state index contributed by atoms with van der Waals surface area (Å²) in [4.78, 5) is 10.6. The molecule has 0 radical (unpaired) electrons. The van der Waals surface area contributed by atoms with Gasteiger partial charge < -0.3 is 4.74 Å². The Hall–Kier alpha value is -1.83. The van der Waals surface area contributed by atoms with E-state index in [4.69, 9.17) is 4.74 Å². The van der Waals surface area contributed by atoms with E-state index in [2.05, 4.69) is 0 Å². The van der Waals surface area contributed by atoms with E-state index in [0.717, 1.165) is 11.1 Å². The normalized spacial score (nSPS) is 11.7. The number of hydrogen-bond donors (Lipinski definition) is 0. The van der Waals surface area contributed by atoms with Crippen molar-refractivity contribution in [3.8, 4) is 0 Å². The number of rotatable bonds is 3. The molecule has 0 saturated carbocycles. The molecule has 0 unspecified atom stereocenters. The summed E-state index contributed by atoms with van der Waals surface area (Å²) in [5, 5.41) is 0. The Balaban J connectivity index is 2.75. The van der Waals surface area contributed by atoms with Gasteiger partial charge in [-0.05, 0) is 24.1 Å². The number of hydrogen-bond acceptors (Lipinski definition) is 2. The van der Waals surface area contributed by atoms with Gasteiger partial charge in [0.25, 0.3) is 0 Å². The van der Waals surface area contributed by atoms with Crippen molar-refractivity contribution >= 4 is 11.5 Å². The summed E-state index contributed by atoms with van der Waals surface area (Å²) in [5.41, 5.74) is 2.13. The molecule has 2 nitrogen and oxygen atoms in total. The number of esters is 1.